The molecule has 0 fully saturated rings. The maximum absolute atomic E-state index is 13.4. The molecular weight excluding hydrogens is 346 g/mol. The number of aryl methyl sites for hydroxylation is 1. The average molecular weight is 369 g/mol. The van der Waals surface area contributed by atoms with Crippen molar-refractivity contribution in [2.75, 3.05) is 6.54 Å². The van der Waals surface area contributed by atoms with Gasteiger partial charge in [0, 0.05) is 41.1 Å². The summed E-state index contributed by atoms with van der Waals surface area (Å²) in [5, 5.41) is 4.42. The molecule has 2 aromatic heterocycles. The van der Waals surface area contributed by atoms with E-state index in [0.717, 1.165) is 34.1 Å². The molecule has 2 N–H and O–H groups in total. The summed E-state index contributed by atoms with van der Waals surface area (Å²) < 4.78 is 0. The summed E-state index contributed by atoms with van der Waals surface area (Å²) in [7, 11) is 0. The summed E-state index contributed by atoms with van der Waals surface area (Å²) in [6.07, 6.45) is 4.53. The summed E-state index contributed by atoms with van der Waals surface area (Å²) in [5.74, 6) is 0.0747. The van der Waals surface area contributed by atoms with Crippen LogP contribution in [0.15, 0.2) is 79.1 Å². The molecule has 0 aliphatic rings. The molecule has 0 unspecified atom stereocenters. The largest absolute Gasteiger partial charge is 0.360 e. The second-order valence-electron chi connectivity index (χ2n) is 6.97. The minimum atomic E-state index is -0.390. The minimum absolute atomic E-state index is 0.0747. The normalized spacial score (nSPS) is 12.2. The van der Waals surface area contributed by atoms with E-state index in [2.05, 4.69) is 21.4 Å². The Morgan fingerprint density at radius 3 is 2.61 bits per heavy atom. The van der Waals surface area contributed by atoms with Gasteiger partial charge < -0.3 is 10.3 Å². The summed E-state index contributed by atoms with van der Waals surface area (Å²) in [6.45, 7) is 2.67. The van der Waals surface area contributed by atoms with Crippen molar-refractivity contribution in [3.63, 3.8) is 0 Å². The number of para-hydroxylation sites is 1. The molecule has 1 atom stereocenters. The molecule has 2 aromatic carbocycles. The molecule has 4 rings (SSSR count). The number of nitrogens with zero attached hydrogens (tertiary/aromatic N) is 1. The number of hydrogen-bond donors (Lipinski definition) is 2. The van der Waals surface area contributed by atoms with Crippen molar-refractivity contribution in [3.8, 4) is 0 Å². The number of carbonyl (C=O) groups is 1. The van der Waals surface area contributed by atoms with Gasteiger partial charge in [0.25, 0.3) is 0 Å². The topological polar surface area (TPSA) is 57.8 Å². The Kier molecular flexibility index (Phi) is 5.31. The lowest BCUT2D eigenvalue weighted by atomic mass is 9.96. The van der Waals surface area contributed by atoms with Gasteiger partial charge in [0.15, 0.2) is 5.78 Å². The number of nitrogens with one attached hydrogen (secondary N) is 2. The van der Waals surface area contributed by atoms with Crippen molar-refractivity contribution < 1.29 is 4.79 Å². The van der Waals surface area contributed by atoms with E-state index in [1.54, 1.807) is 0 Å². The highest BCUT2D eigenvalue weighted by atomic mass is 16.1. The molecule has 140 valence electrons. The number of fused-ring (bicyclic) bond motifs is 1. The number of H-pyrrole nitrogens is 1. The summed E-state index contributed by atoms with van der Waals surface area (Å²) in [5.41, 5.74) is 4.83. The Morgan fingerprint density at radius 1 is 1.04 bits per heavy atom. The Hall–Kier alpha value is -3.24. The van der Waals surface area contributed by atoms with Crippen LogP contribution in [0.25, 0.3) is 10.9 Å². The number of ketones is 1. The Balaban J connectivity index is 1.57. The molecule has 0 saturated heterocycles. The van der Waals surface area contributed by atoms with E-state index in [1.165, 1.54) is 0 Å². The highest BCUT2D eigenvalue weighted by Crippen LogP contribution is 2.24. The zero-order valence-corrected chi connectivity index (χ0v) is 15.9. The number of carbonyl (C=O) groups excluding carboxylic acids is 1. The van der Waals surface area contributed by atoms with Gasteiger partial charge in [0.2, 0.25) is 0 Å². The molecule has 0 spiro atoms. The minimum Gasteiger partial charge on any atom is -0.360 e. The zero-order chi connectivity index (χ0) is 19.3. The molecule has 0 aliphatic heterocycles. The van der Waals surface area contributed by atoms with Crippen LogP contribution >= 0.6 is 0 Å². The molecule has 0 bridgehead atoms. The van der Waals surface area contributed by atoms with E-state index in [0.29, 0.717) is 12.1 Å². The fourth-order valence-corrected chi connectivity index (χ4v) is 3.45. The first kappa shape index (κ1) is 18.1. The number of Topliss-reactive ketones (excluding diaryl/α,β-unsaturated/α-hetero) is 1. The first-order valence-corrected chi connectivity index (χ1v) is 9.52. The smallest absolute Gasteiger partial charge is 0.186 e. The maximum atomic E-state index is 13.4. The second kappa shape index (κ2) is 8.19. The Labute approximate surface area is 164 Å². The molecule has 2 heterocycles. The van der Waals surface area contributed by atoms with Crippen LogP contribution in [0.5, 0.6) is 0 Å². The third-order valence-corrected chi connectivity index (χ3v) is 4.98. The lowest BCUT2D eigenvalue weighted by molar-refractivity contribution is 0.0945. The first-order chi connectivity index (χ1) is 13.7. The molecule has 4 nitrogen and oxygen atoms in total. The van der Waals surface area contributed by atoms with Crippen LogP contribution in [-0.2, 0) is 6.42 Å². The summed E-state index contributed by atoms with van der Waals surface area (Å²) in [4.78, 5) is 21.0. The van der Waals surface area contributed by atoms with Gasteiger partial charge in [-0.3, -0.25) is 9.78 Å². The Bertz CT molecular complexity index is 1070. The zero-order valence-electron chi connectivity index (χ0n) is 15.9. The molecule has 0 radical (unpaired) electrons. The standard InChI is InChI=1S/C24H23N3O/c1-17-11-12-18(15-26-17)13-14-25-23(19-7-3-2-4-8-19)24(28)21-16-27-22-10-6-5-9-20(21)22/h2-12,15-16,23,25,27H,13-14H2,1H3/t23-/m1/s1. The molecule has 0 amide bonds. The molecular formula is C24H23N3O. The maximum Gasteiger partial charge on any atom is 0.186 e. The average Bonchev–Trinajstić information content (AvgIpc) is 3.17. The van der Waals surface area contributed by atoms with Crippen molar-refractivity contribution in [1.29, 1.82) is 0 Å². The highest BCUT2D eigenvalue weighted by molar-refractivity contribution is 6.10. The SMILES string of the molecule is Cc1ccc(CCN[C@@H](C(=O)c2c[nH]c3ccccc23)c2ccccc2)cn1. The van der Waals surface area contributed by atoms with Crippen LogP contribution in [0, 0.1) is 6.92 Å². The van der Waals surface area contributed by atoms with Crippen molar-refractivity contribution >= 4 is 16.7 Å². The monoisotopic (exact) mass is 369 g/mol. The summed E-state index contributed by atoms with van der Waals surface area (Å²) in [6, 6.07) is 21.5. The van der Waals surface area contributed by atoms with Gasteiger partial charge in [-0.1, -0.05) is 54.6 Å². The first-order valence-electron chi connectivity index (χ1n) is 9.52. The number of hydrogen-bond acceptors (Lipinski definition) is 3. The van der Waals surface area contributed by atoms with E-state index in [4.69, 9.17) is 0 Å². The van der Waals surface area contributed by atoms with Crippen molar-refractivity contribution in [3.05, 3.63) is 102 Å². The number of pyridine rings is 1. The predicted octanol–water partition coefficient (Wildman–Crippen LogP) is 4.63. The van der Waals surface area contributed by atoms with E-state index >= 15 is 0 Å². The number of rotatable bonds is 7. The van der Waals surface area contributed by atoms with E-state index in [9.17, 15) is 4.79 Å². The predicted molar refractivity (Wildman–Crippen MR) is 112 cm³/mol. The van der Waals surface area contributed by atoms with Crippen LogP contribution in [0.1, 0.15) is 33.2 Å². The molecule has 4 heteroatoms. The van der Waals surface area contributed by atoms with Gasteiger partial charge in [0.1, 0.15) is 0 Å². The number of aromatic nitrogens is 2. The third-order valence-electron chi connectivity index (χ3n) is 4.98. The van der Waals surface area contributed by atoms with Crippen molar-refractivity contribution in [1.82, 2.24) is 15.3 Å². The quantitative estimate of drug-likeness (QED) is 0.467. The van der Waals surface area contributed by atoms with E-state index < -0.39 is 0 Å². The van der Waals surface area contributed by atoms with E-state index in [-0.39, 0.29) is 11.8 Å². The van der Waals surface area contributed by atoms with Gasteiger partial charge in [-0.15, -0.1) is 0 Å². The number of benzene rings is 2. The fraction of sp³-hybridized carbons (Fsp3) is 0.167. The van der Waals surface area contributed by atoms with Crippen LogP contribution in [0.4, 0.5) is 0 Å². The van der Waals surface area contributed by atoms with E-state index in [1.807, 2.05) is 80.0 Å². The van der Waals surface area contributed by atoms with Gasteiger partial charge in [-0.05, 0) is 36.6 Å². The van der Waals surface area contributed by atoms with Crippen LogP contribution < -0.4 is 5.32 Å². The van der Waals surface area contributed by atoms with Crippen LogP contribution in [0.3, 0.4) is 0 Å². The van der Waals surface area contributed by atoms with Gasteiger partial charge >= 0.3 is 0 Å². The van der Waals surface area contributed by atoms with Gasteiger partial charge in [-0.25, -0.2) is 0 Å². The van der Waals surface area contributed by atoms with Gasteiger partial charge in [-0.2, -0.15) is 0 Å². The molecule has 4 aromatic rings. The lowest BCUT2D eigenvalue weighted by Gasteiger charge is -2.18. The molecule has 0 saturated carbocycles. The van der Waals surface area contributed by atoms with Crippen molar-refractivity contribution in [2.24, 2.45) is 0 Å². The third kappa shape index (κ3) is 3.87. The van der Waals surface area contributed by atoms with Crippen LogP contribution in [-0.4, -0.2) is 22.3 Å². The Morgan fingerprint density at radius 2 is 1.82 bits per heavy atom. The highest BCUT2D eigenvalue weighted by Gasteiger charge is 2.23. The molecule has 0 aliphatic carbocycles. The van der Waals surface area contributed by atoms with Crippen molar-refractivity contribution in [2.45, 2.75) is 19.4 Å². The van der Waals surface area contributed by atoms with Gasteiger partial charge in [0.05, 0.1) is 6.04 Å². The fourth-order valence-electron chi connectivity index (χ4n) is 3.45. The number of aromatic amines is 1. The molecule has 28 heavy (non-hydrogen) atoms. The second-order valence-corrected chi connectivity index (χ2v) is 6.97. The lowest BCUT2D eigenvalue weighted by Crippen LogP contribution is -2.30. The van der Waals surface area contributed by atoms with Crippen LogP contribution in [0.2, 0.25) is 0 Å². The summed E-state index contributed by atoms with van der Waals surface area (Å²) >= 11 is 0.